The lowest BCUT2D eigenvalue weighted by Gasteiger charge is -2.29. The molecule has 2 N–H and O–H groups in total. The monoisotopic (exact) mass is 256 g/mol. The van der Waals surface area contributed by atoms with E-state index < -0.39 is 0 Å². The number of nitrogens with one attached hydrogen (secondary N) is 1. The summed E-state index contributed by atoms with van der Waals surface area (Å²) in [6, 6.07) is 0.00611. The Bertz CT molecular complexity index is 344. The number of carbonyl (C=O) groups excluding carboxylic acids is 1. The number of Topliss-reactive ketones (excluding diaryl/α,β-unsaturated/α-hetero) is 1. The first kappa shape index (κ1) is 14.3. The van der Waals surface area contributed by atoms with Crippen LogP contribution in [-0.2, 0) is 0 Å². The molecule has 0 spiro atoms. The van der Waals surface area contributed by atoms with Crippen molar-refractivity contribution in [2.24, 2.45) is 5.41 Å². The van der Waals surface area contributed by atoms with Crippen LogP contribution in [-0.4, -0.2) is 35.1 Å². The average molecular weight is 256 g/mol. The molecule has 0 aliphatic carbocycles. The topological polar surface area (TPSA) is 62.2 Å². The van der Waals surface area contributed by atoms with Gasteiger partial charge in [-0.2, -0.15) is 0 Å². The first-order valence-corrected chi connectivity index (χ1v) is 6.60. The van der Waals surface area contributed by atoms with E-state index in [9.17, 15) is 9.90 Å². The van der Waals surface area contributed by atoms with Crippen LogP contribution in [0.2, 0.25) is 0 Å². The zero-order chi connectivity index (χ0) is 12.9. The summed E-state index contributed by atoms with van der Waals surface area (Å²) in [6.07, 6.45) is 2.05. The summed E-state index contributed by atoms with van der Waals surface area (Å²) in [7, 11) is 0. The normalized spacial score (nSPS) is 13.6. The van der Waals surface area contributed by atoms with E-state index in [-0.39, 0.29) is 23.8 Å². The number of thiazole rings is 1. The van der Waals surface area contributed by atoms with Gasteiger partial charge in [-0.3, -0.25) is 4.79 Å². The van der Waals surface area contributed by atoms with Crippen molar-refractivity contribution in [3.63, 3.8) is 0 Å². The molecule has 0 aliphatic rings. The fourth-order valence-electron chi connectivity index (χ4n) is 1.47. The predicted molar refractivity (Wildman–Crippen MR) is 69.4 cm³/mol. The van der Waals surface area contributed by atoms with Gasteiger partial charge in [0.1, 0.15) is 0 Å². The van der Waals surface area contributed by atoms with Crippen molar-refractivity contribution in [3.05, 3.63) is 16.6 Å². The number of aromatic nitrogens is 1. The summed E-state index contributed by atoms with van der Waals surface area (Å²) >= 11 is 1.36. The molecular weight excluding hydrogens is 236 g/mol. The summed E-state index contributed by atoms with van der Waals surface area (Å²) in [5.41, 5.74) is -0.0149. The van der Waals surface area contributed by atoms with E-state index >= 15 is 0 Å². The highest BCUT2D eigenvalue weighted by atomic mass is 32.1. The number of ketones is 1. The Labute approximate surface area is 106 Å². The smallest absolute Gasteiger partial charge is 0.192 e. The average Bonchev–Trinajstić information content (AvgIpc) is 2.75. The molecule has 5 heteroatoms. The van der Waals surface area contributed by atoms with Crippen LogP contribution in [0.5, 0.6) is 0 Å². The maximum Gasteiger partial charge on any atom is 0.192 e. The Morgan fingerprint density at radius 1 is 1.59 bits per heavy atom. The van der Waals surface area contributed by atoms with Crippen LogP contribution in [0.4, 0.5) is 0 Å². The van der Waals surface area contributed by atoms with E-state index in [0.717, 1.165) is 0 Å². The molecule has 0 saturated carbocycles. The molecule has 1 aromatic heterocycles. The van der Waals surface area contributed by atoms with E-state index in [1.54, 1.807) is 11.6 Å². The Balaban J connectivity index is 2.35. The van der Waals surface area contributed by atoms with E-state index in [0.29, 0.717) is 18.0 Å². The Morgan fingerprint density at radius 3 is 2.76 bits per heavy atom. The van der Waals surface area contributed by atoms with Crippen molar-refractivity contribution >= 4 is 17.1 Å². The van der Waals surface area contributed by atoms with Crippen molar-refractivity contribution in [1.82, 2.24) is 10.3 Å². The second kappa shape index (κ2) is 6.23. The Hall–Kier alpha value is -0.780. The molecule has 1 aromatic rings. The second-order valence-corrected chi connectivity index (χ2v) is 5.96. The van der Waals surface area contributed by atoms with Crippen molar-refractivity contribution in [3.8, 4) is 0 Å². The Kier molecular flexibility index (Phi) is 5.24. The van der Waals surface area contributed by atoms with Gasteiger partial charge < -0.3 is 10.4 Å². The number of aliphatic hydroxyl groups excluding tert-OH is 1. The quantitative estimate of drug-likeness (QED) is 0.761. The highest BCUT2D eigenvalue weighted by Gasteiger charge is 2.23. The van der Waals surface area contributed by atoms with Crippen molar-refractivity contribution in [1.29, 1.82) is 0 Å². The van der Waals surface area contributed by atoms with Crippen LogP contribution in [0.15, 0.2) is 11.6 Å². The minimum Gasteiger partial charge on any atom is -0.395 e. The fourth-order valence-corrected chi connectivity index (χ4v) is 2.08. The third kappa shape index (κ3) is 4.53. The summed E-state index contributed by atoms with van der Waals surface area (Å²) in [4.78, 5) is 15.6. The van der Waals surface area contributed by atoms with Crippen molar-refractivity contribution in [2.45, 2.75) is 33.2 Å². The van der Waals surface area contributed by atoms with E-state index in [1.807, 2.05) is 0 Å². The van der Waals surface area contributed by atoms with Crippen LogP contribution in [0.25, 0.3) is 0 Å². The lowest BCUT2D eigenvalue weighted by molar-refractivity contribution is 0.0972. The molecule has 1 heterocycles. The third-order valence-electron chi connectivity index (χ3n) is 2.64. The molecule has 0 saturated heterocycles. The van der Waals surface area contributed by atoms with Crippen LogP contribution in [0.1, 0.15) is 37.0 Å². The van der Waals surface area contributed by atoms with E-state index in [1.165, 1.54) is 11.3 Å². The molecule has 1 unspecified atom stereocenters. The summed E-state index contributed by atoms with van der Waals surface area (Å²) in [5, 5.41) is 14.8. The van der Waals surface area contributed by atoms with Gasteiger partial charge in [-0.25, -0.2) is 4.98 Å². The molecule has 17 heavy (non-hydrogen) atoms. The number of carbonyl (C=O) groups is 1. The van der Waals surface area contributed by atoms with Gasteiger partial charge in [-0.15, -0.1) is 11.3 Å². The zero-order valence-corrected chi connectivity index (χ0v) is 11.4. The van der Waals surface area contributed by atoms with E-state index in [2.05, 4.69) is 31.1 Å². The van der Waals surface area contributed by atoms with Crippen LogP contribution in [0, 0.1) is 5.41 Å². The van der Waals surface area contributed by atoms with Gasteiger partial charge in [0.25, 0.3) is 0 Å². The number of hydrogen-bond acceptors (Lipinski definition) is 5. The Morgan fingerprint density at radius 2 is 2.29 bits per heavy atom. The lowest BCUT2D eigenvalue weighted by Crippen LogP contribution is -2.43. The number of rotatable bonds is 6. The molecule has 0 radical (unpaired) electrons. The highest BCUT2D eigenvalue weighted by molar-refractivity contribution is 7.11. The first-order chi connectivity index (χ1) is 7.95. The van der Waals surface area contributed by atoms with Crippen molar-refractivity contribution < 1.29 is 9.90 Å². The maximum absolute atomic E-state index is 11.7. The molecule has 0 fully saturated rings. The number of nitrogens with zero attached hydrogens (tertiary/aromatic N) is 1. The molecule has 1 atom stereocenters. The van der Waals surface area contributed by atoms with Gasteiger partial charge in [0, 0.05) is 30.6 Å². The van der Waals surface area contributed by atoms with Crippen LogP contribution in [0.3, 0.4) is 0 Å². The second-order valence-electron chi connectivity index (χ2n) is 5.07. The van der Waals surface area contributed by atoms with Gasteiger partial charge in [-0.05, 0) is 5.41 Å². The molecule has 0 amide bonds. The number of hydrogen-bond donors (Lipinski definition) is 2. The predicted octanol–water partition coefficient (Wildman–Crippen LogP) is 1.71. The molecule has 0 bridgehead atoms. The van der Waals surface area contributed by atoms with Crippen molar-refractivity contribution in [2.75, 3.05) is 13.2 Å². The molecule has 4 nitrogen and oxygen atoms in total. The molecular formula is C12H20N2O2S. The van der Waals surface area contributed by atoms with E-state index in [4.69, 9.17) is 0 Å². The lowest BCUT2D eigenvalue weighted by atomic mass is 9.87. The molecule has 0 aromatic carbocycles. The maximum atomic E-state index is 11.7. The third-order valence-corrected chi connectivity index (χ3v) is 3.46. The van der Waals surface area contributed by atoms with Gasteiger partial charge in [0.2, 0.25) is 0 Å². The van der Waals surface area contributed by atoms with Crippen LogP contribution >= 0.6 is 11.3 Å². The zero-order valence-electron chi connectivity index (χ0n) is 10.6. The largest absolute Gasteiger partial charge is 0.395 e. The minimum atomic E-state index is -0.0149. The summed E-state index contributed by atoms with van der Waals surface area (Å²) in [6.45, 7) is 6.83. The first-order valence-electron chi connectivity index (χ1n) is 5.72. The highest BCUT2D eigenvalue weighted by Crippen LogP contribution is 2.18. The van der Waals surface area contributed by atoms with Crippen LogP contribution < -0.4 is 5.32 Å². The molecule has 96 valence electrons. The molecule has 1 rings (SSSR count). The SMILES string of the molecule is CC(C)(C)C(CO)NCCC(=O)c1nccs1. The van der Waals surface area contributed by atoms with Gasteiger partial charge in [0.05, 0.1) is 6.61 Å². The van der Waals surface area contributed by atoms with Gasteiger partial charge >= 0.3 is 0 Å². The number of aliphatic hydroxyl groups is 1. The standard InChI is InChI=1S/C12H20N2O2S/c1-12(2,3)10(8-15)13-5-4-9(16)11-14-6-7-17-11/h6-7,10,13,15H,4-5,8H2,1-3H3. The summed E-state index contributed by atoms with van der Waals surface area (Å²) in [5.74, 6) is 0.0538. The van der Waals surface area contributed by atoms with Gasteiger partial charge in [0.15, 0.2) is 10.8 Å². The fraction of sp³-hybridized carbons (Fsp3) is 0.667. The minimum absolute atomic E-state index is 0.00611. The molecule has 0 aliphatic heterocycles. The summed E-state index contributed by atoms with van der Waals surface area (Å²) < 4.78 is 0. The van der Waals surface area contributed by atoms with Gasteiger partial charge in [-0.1, -0.05) is 20.8 Å².